The van der Waals surface area contributed by atoms with Gasteiger partial charge in [-0.25, -0.2) is 0 Å². The molecule has 0 unspecified atom stereocenters. The maximum atomic E-state index is 10.9. The van der Waals surface area contributed by atoms with E-state index in [0.29, 0.717) is 5.56 Å². The van der Waals surface area contributed by atoms with Gasteiger partial charge in [-0.05, 0) is 37.2 Å². The summed E-state index contributed by atoms with van der Waals surface area (Å²) in [6, 6.07) is 7.23. The van der Waals surface area contributed by atoms with Gasteiger partial charge in [0.2, 0.25) is 5.91 Å². The molecule has 1 heterocycles. The first-order valence-electron chi connectivity index (χ1n) is 5.78. The van der Waals surface area contributed by atoms with Crippen molar-refractivity contribution in [3.05, 3.63) is 41.5 Å². The summed E-state index contributed by atoms with van der Waals surface area (Å²) in [5.74, 6) is -0.391. The fourth-order valence-electron chi connectivity index (χ4n) is 1.80. The number of nitrogens with two attached hydrogens (primary N) is 1. The molecule has 4 heteroatoms. The second kappa shape index (κ2) is 5.50. The largest absolute Gasteiger partial charge is 0.381 e. The number of anilines is 1. The minimum Gasteiger partial charge on any atom is -0.381 e. The Morgan fingerprint density at radius 2 is 2.12 bits per heavy atom. The number of benzene rings is 1. The summed E-state index contributed by atoms with van der Waals surface area (Å²) in [7, 11) is 0. The van der Waals surface area contributed by atoms with Crippen molar-refractivity contribution in [3.8, 4) is 0 Å². The number of hydrogen-bond donors (Lipinski definition) is 3. The van der Waals surface area contributed by atoms with Gasteiger partial charge >= 0.3 is 0 Å². The topological polar surface area (TPSA) is 67.2 Å². The molecule has 2 rings (SSSR count). The Bertz CT molecular complexity index is 423. The highest BCUT2D eigenvalue weighted by molar-refractivity contribution is 5.93. The second-order valence-corrected chi connectivity index (χ2v) is 4.11. The number of carbonyl (C=O) groups is 1. The molecule has 0 bridgehead atoms. The molecule has 1 aromatic rings. The summed E-state index contributed by atoms with van der Waals surface area (Å²) in [6.45, 7) is 2.86. The Hall–Kier alpha value is -1.81. The summed E-state index contributed by atoms with van der Waals surface area (Å²) >= 11 is 0. The van der Waals surface area contributed by atoms with E-state index >= 15 is 0 Å². The zero-order chi connectivity index (χ0) is 12.1. The van der Waals surface area contributed by atoms with Gasteiger partial charge in [-0.1, -0.05) is 11.6 Å². The van der Waals surface area contributed by atoms with Gasteiger partial charge in [0, 0.05) is 24.3 Å². The molecular weight excluding hydrogens is 214 g/mol. The summed E-state index contributed by atoms with van der Waals surface area (Å²) in [5.41, 5.74) is 8.15. The van der Waals surface area contributed by atoms with E-state index in [-0.39, 0.29) is 0 Å². The average Bonchev–Trinajstić information content (AvgIpc) is 2.38. The zero-order valence-corrected chi connectivity index (χ0v) is 9.70. The van der Waals surface area contributed by atoms with E-state index in [9.17, 15) is 4.79 Å². The fourth-order valence-corrected chi connectivity index (χ4v) is 1.80. The van der Waals surface area contributed by atoms with Crippen LogP contribution in [0.3, 0.4) is 0 Å². The van der Waals surface area contributed by atoms with E-state index in [2.05, 4.69) is 16.7 Å². The molecule has 0 spiro atoms. The summed E-state index contributed by atoms with van der Waals surface area (Å²) in [6.07, 6.45) is 3.31. The third kappa shape index (κ3) is 3.32. The maximum absolute atomic E-state index is 10.9. The molecule has 1 aliphatic heterocycles. The van der Waals surface area contributed by atoms with Crippen LogP contribution >= 0.6 is 0 Å². The predicted molar refractivity (Wildman–Crippen MR) is 69.0 cm³/mol. The number of hydrogen-bond acceptors (Lipinski definition) is 3. The van der Waals surface area contributed by atoms with E-state index in [4.69, 9.17) is 5.73 Å². The van der Waals surface area contributed by atoms with Crippen molar-refractivity contribution in [2.45, 2.75) is 6.42 Å². The van der Waals surface area contributed by atoms with Crippen LogP contribution in [0, 0.1) is 0 Å². The lowest BCUT2D eigenvalue weighted by Gasteiger charge is -2.15. The molecule has 17 heavy (non-hydrogen) atoms. The van der Waals surface area contributed by atoms with Gasteiger partial charge in [0.05, 0.1) is 0 Å². The van der Waals surface area contributed by atoms with E-state index in [1.807, 2.05) is 12.1 Å². The quantitative estimate of drug-likeness (QED) is 0.680. The van der Waals surface area contributed by atoms with Gasteiger partial charge in [0.15, 0.2) is 0 Å². The van der Waals surface area contributed by atoms with Crippen LogP contribution in [-0.2, 0) is 0 Å². The Morgan fingerprint density at radius 3 is 2.71 bits per heavy atom. The van der Waals surface area contributed by atoms with Crippen molar-refractivity contribution in [3.63, 3.8) is 0 Å². The second-order valence-electron chi connectivity index (χ2n) is 4.11. The monoisotopic (exact) mass is 231 g/mol. The molecule has 4 nitrogen and oxygen atoms in total. The SMILES string of the molecule is NC(=O)c1ccc(NCC2=CCNCC2)cc1. The van der Waals surface area contributed by atoms with Crippen LogP contribution < -0.4 is 16.4 Å². The van der Waals surface area contributed by atoms with Crippen LogP contribution in [0.1, 0.15) is 16.8 Å². The molecule has 0 fully saturated rings. The zero-order valence-electron chi connectivity index (χ0n) is 9.70. The molecule has 0 radical (unpaired) electrons. The Labute approximate surface area is 101 Å². The van der Waals surface area contributed by atoms with Gasteiger partial charge < -0.3 is 16.4 Å². The number of primary amides is 1. The van der Waals surface area contributed by atoms with Crippen LogP contribution in [-0.4, -0.2) is 25.5 Å². The molecule has 0 aromatic heterocycles. The predicted octanol–water partition coefficient (Wildman–Crippen LogP) is 1.12. The number of amides is 1. The first kappa shape index (κ1) is 11.7. The number of nitrogens with one attached hydrogen (secondary N) is 2. The number of carbonyl (C=O) groups excluding carboxylic acids is 1. The lowest BCUT2D eigenvalue weighted by atomic mass is 10.1. The molecule has 0 saturated heterocycles. The van der Waals surface area contributed by atoms with Crippen LogP contribution in [0.5, 0.6) is 0 Å². The van der Waals surface area contributed by atoms with Crippen molar-refractivity contribution < 1.29 is 4.79 Å². The molecule has 1 aliphatic rings. The first-order valence-corrected chi connectivity index (χ1v) is 5.78. The highest BCUT2D eigenvalue weighted by Gasteiger charge is 2.03. The summed E-state index contributed by atoms with van der Waals surface area (Å²) in [4.78, 5) is 10.9. The van der Waals surface area contributed by atoms with E-state index < -0.39 is 5.91 Å². The Balaban J connectivity index is 1.90. The smallest absolute Gasteiger partial charge is 0.248 e. The van der Waals surface area contributed by atoms with Crippen LogP contribution in [0.2, 0.25) is 0 Å². The van der Waals surface area contributed by atoms with Gasteiger partial charge in [-0.2, -0.15) is 0 Å². The average molecular weight is 231 g/mol. The van der Waals surface area contributed by atoms with E-state index in [1.54, 1.807) is 12.1 Å². The Morgan fingerprint density at radius 1 is 1.35 bits per heavy atom. The van der Waals surface area contributed by atoms with Crippen molar-refractivity contribution in [1.29, 1.82) is 0 Å². The first-order chi connectivity index (χ1) is 8.25. The highest BCUT2D eigenvalue weighted by atomic mass is 16.1. The minimum atomic E-state index is -0.391. The van der Waals surface area contributed by atoms with Gasteiger partial charge in [-0.15, -0.1) is 0 Å². The molecule has 0 atom stereocenters. The lowest BCUT2D eigenvalue weighted by Crippen LogP contribution is -2.23. The van der Waals surface area contributed by atoms with Crippen molar-refractivity contribution in [2.75, 3.05) is 25.0 Å². The molecule has 90 valence electrons. The van der Waals surface area contributed by atoms with Crippen LogP contribution in [0.15, 0.2) is 35.9 Å². The van der Waals surface area contributed by atoms with E-state index in [1.165, 1.54) is 5.57 Å². The van der Waals surface area contributed by atoms with Crippen molar-refractivity contribution in [1.82, 2.24) is 5.32 Å². The molecule has 4 N–H and O–H groups in total. The molecule has 1 aromatic carbocycles. The molecule has 0 saturated carbocycles. The van der Waals surface area contributed by atoms with Gasteiger partial charge in [-0.3, -0.25) is 4.79 Å². The minimum absolute atomic E-state index is 0.391. The molecule has 1 amide bonds. The summed E-state index contributed by atoms with van der Waals surface area (Å²) in [5, 5.41) is 6.61. The number of rotatable bonds is 4. The highest BCUT2D eigenvalue weighted by Crippen LogP contribution is 2.11. The third-order valence-corrected chi connectivity index (χ3v) is 2.85. The van der Waals surface area contributed by atoms with E-state index in [0.717, 1.165) is 31.7 Å². The standard InChI is InChI=1S/C13H17N3O/c14-13(17)11-1-3-12(4-2-11)16-9-10-5-7-15-8-6-10/h1-5,15-16H,6-9H2,(H2,14,17). The normalized spacial score (nSPS) is 15.2. The maximum Gasteiger partial charge on any atom is 0.248 e. The van der Waals surface area contributed by atoms with Crippen LogP contribution in [0.25, 0.3) is 0 Å². The van der Waals surface area contributed by atoms with Crippen molar-refractivity contribution >= 4 is 11.6 Å². The van der Waals surface area contributed by atoms with Crippen LogP contribution in [0.4, 0.5) is 5.69 Å². The van der Waals surface area contributed by atoms with Gasteiger partial charge in [0.1, 0.15) is 0 Å². The summed E-state index contributed by atoms with van der Waals surface area (Å²) < 4.78 is 0. The van der Waals surface area contributed by atoms with Gasteiger partial charge in [0.25, 0.3) is 0 Å². The molecule has 0 aliphatic carbocycles. The molecular formula is C13H17N3O. The lowest BCUT2D eigenvalue weighted by molar-refractivity contribution is 0.100. The fraction of sp³-hybridized carbons (Fsp3) is 0.308. The Kier molecular flexibility index (Phi) is 3.77. The third-order valence-electron chi connectivity index (χ3n) is 2.85. The van der Waals surface area contributed by atoms with Crippen molar-refractivity contribution in [2.24, 2.45) is 5.73 Å².